The average Bonchev–Trinajstić information content (AvgIpc) is 3.05. The number of hydrogen-bond donors (Lipinski definition) is 2. The highest BCUT2D eigenvalue weighted by Crippen LogP contribution is 2.30. The molecule has 0 bridgehead atoms. The molecular weight excluding hydrogens is 412 g/mol. The Morgan fingerprint density at radius 3 is 2.69 bits per heavy atom. The third-order valence-electron chi connectivity index (χ3n) is 4.61. The average molecular weight is 437 g/mol. The van der Waals surface area contributed by atoms with Crippen LogP contribution >= 0.6 is 11.6 Å². The van der Waals surface area contributed by atoms with Gasteiger partial charge in [-0.05, 0) is 60.6 Å². The van der Waals surface area contributed by atoms with Gasteiger partial charge in [0.2, 0.25) is 0 Å². The van der Waals surface area contributed by atoms with Gasteiger partial charge in [0.15, 0.2) is 0 Å². The number of allylic oxidation sites excluding steroid dienone is 1. The molecule has 0 saturated heterocycles. The quantitative estimate of drug-likeness (QED) is 0.723. The van der Waals surface area contributed by atoms with Gasteiger partial charge < -0.3 is 5.32 Å². The van der Waals surface area contributed by atoms with Crippen LogP contribution in [0.3, 0.4) is 0 Å². The van der Waals surface area contributed by atoms with Gasteiger partial charge in [-0.2, -0.15) is 5.10 Å². The predicted octanol–water partition coefficient (Wildman–Crippen LogP) is 3.60. The van der Waals surface area contributed by atoms with Gasteiger partial charge in [0, 0.05) is 18.1 Å². The van der Waals surface area contributed by atoms with Crippen LogP contribution in [0.1, 0.15) is 37.9 Å². The number of urea groups is 1. The maximum atomic E-state index is 12.3. The van der Waals surface area contributed by atoms with E-state index in [9.17, 15) is 13.2 Å². The molecule has 9 heteroatoms. The molecule has 7 nitrogen and oxygen atoms in total. The van der Waals surface area contributed by atoms with Gasteiger partial charge in [0.1, 0.15) is 0 Å². The Morgan fingerprint density at radius 1 is 1.28 bits per heavy atom. The monoisotopic (exact) mass is 436 g/mol. The minimum atomic E-state index is -3.95. The number of sulfonamides is 1. The lowest BCUT2D eigenvalue weighted by atomic mass is 9.92. The number of fused-ring (bicyclic) bond motifs is 1. The fraction of sp³-hybridized carbons (Fsp3) is 0.400. The summed E-state index contributed by atoms with van der Waals surface area (Å²) in [6.45, 7) is 5.35. The van der Waals surface area contributed by atoms with Gasteiger partial charge in [-0.3, -0.25) is 4.68 Å². The Balaban J connectivity index is 1.64. The molecule has 0 unspecified atom stereocenters. The van der Waals surface area contributed by atoms with Crippen molar-refractivity contribution < 1.29 is 13.2 Å². The normalized spacial score (nSPS) is 15.4. The van der Waals surface area contributed by atoms with E-state index in [1.54, 1.807) is 0 Å². The van der Waals surface area contributed by atoms with Crippen LogP contribution in [0.25, 0.3) is 5.57 Å². The van der Waals surface area contributed by atoms with Crippen molar-refractivity contribution in [2.24, 2.45) is 5.92 Å². The number of rotatable bonds is 6. The van der Waals surface area contributed by atoms with Crippen molar-refractivity contribution in [1.29, 1.82) is 0 Å². The zero-order chi connectivity index (χ0) is 21.0. The molecule has 1 aromatic carbocycles. The third kappa shape index (κ3) is 5.39. The van der Waals surface area contributed by atoms with Gasteiger partial charge in [0.05, 0.1) is 16.8 Å². The molecule has 0 radical (unpaired) electrons. The molecule has 2 amide bonds. The lowest BCUT2D eigenvalue weighted by Crippen LogP contribution is -2.39. The molecule has 29 heavy (non-hydrogen) atoms. The summed E-state index contributed by atoms with van der Waals surface area (Å²) in [7, 11) is -3.95. The SMILES string of the molecule is CC(C)Cn1ncc2c1/C(=C/CNC(=O)NS(=O)(=O)c1ccc(Cl)cc1)CCC2. The smallest absolute Gasteiger partial charge is 0.328 e. The molecule has 0 atom stereocenters. The number of nitrogens with zero attached hydrogens (tertiary/aromatic N) is 2. The topological polar surface area (TPSA) is 93.1 Å². The van der Waals surface area contributed by atoms with Crippen molar-refractivity contribution in [2.45, 2.75) is 44.6 Å². The fourth-order valence-electron chi connectivity index (χ4n) is 3.35. The van der Waals surface area contributed by atoms with Gasteiger partial charge in [-0.25, -0.2) is 17.9 Å². The lowest BCUT2D eigenvalue weighted by Gasteiger charge is -2.19. The number of hydrogen-bond acceptors (Lipinski definition) is 4. The molecule has 0 aliphatic heterocycles. The van der Waals surface area contributed by atoms with Crippen molar-refractivity contribution in [3.63, 3.8) is 0 Å². The molecule has 156 valence electrons. The van der Waals surface area contributed by atoms with Crippen LogP contribution in [-0.4, -0.2) is 30.8 Å². The molecule has 0 saturated carbocycles. The fourth-order valence-corrected chi connectivity index (χ4v) is 4.40. The molecule has 1 aromatic heterocycles. The van der Waals surface area contributed by atoms with Crippen molar-refractivity contribution in [2.75, 3.05) is 6.54 Å². The van der Waals surface area contributed by atoms with E-state index in [2.05, 4.69) is 24.3 Å². The first-order chi connectivity index (χ1) is 13.8. The Kier molecular flexibility index (Phi) is 6.64. The third-order valence-corrected chi connectivity index (χ3v) is 6.21. The highest BCUT2D eigenvalue weighted by molar-refractivity contribution is 7.90. The lowest BCUT2D eigenvalue weighted by molar-refractivity contribution is 0.247. The summed E-state index contributed by atoms with van der Waals surface area (Å²) in [6.07, 6.45) is 6.79. The minimum Gasteiger partial charge on any atom is -0.334 e. The number of carbonyl (C=O) groups is 1. The Labute approximate surface area is 176 Å². The number of halogens is 1. The maximum Gasteiger partial charge on any atom is 0.328 e. The van der Waals surface area contributed by atoms with E-state index in [0.717, 1.165) is 37.1 Å². The van der Waals surface area contributed by atoms with Gasteiger partial charge in [0.25, 0.3) is 10.0 Å². The van der Waals surface area contributed by atoms with Gasteiger partial charge >= 0.3 is 6.03 Å². The Morgan fingerprint density at radius 2 is 2.00 bits per heavy atom. The molecular formula is C20H25ClN4O3S. The van der Waals surface area contributed by atoms with E-state index in [4.69, 9.17) is 11.6 Å². The van der Waals surface area contributed by atoms with E-state index < -0.39 is 16.1 Å². The summed E-state index contributed by atoms with van der Waals surface area (Å²) < 4.78 is 28.5. The molecule has 1 heterocycles. The van der Waals surface area contributed by atoms with E-state index in [0.29, 0.717) is 10.9 Å². The van der Waals surface area contributed by atoms with Crippen LogP contribution in [0.4, 0.5) is 4.79 Å². The van der Waals surface area contributed by atoms with Crippen LogP contribution < -0.4 is 10.0 Å². The van der Waals surface area contributed by atoms with Crippen molar-refractivity contribution in [3.8, 4) is 0 Å². The summed E-state index contributed by atoms with van der Waals surface area (Å²) in [5.41, 5.74) is 3.48. The van der Waals surface area contributed by atoms with E-state index in [1.165, 1.54) is 29.8 Å². The number of amides is 2. The zero-order valence-electron chi connectivity index (χ0n) is 16.5. The summed E-state index contributed by atoms with van der Waals surface area (Å²) in [5, 5.41) is 7.52. The number of nitrogens with one attached hydrogen (secondary N) is 2. The molecule has 1 aliphatic carbocycles. The van der Waals surface area contributed by atoms with Crippen LogP contribution in [0.5, 0.6) is 0 Å². The zero-order valence-corrected chi connectivity index (χ0v) is 18.1. The summed E-state index contributed by atoms with van der Waals surface area (Å²) in [4.78, 5) is 12.1. The number of aryl methyl sites for hydroxylation is 1. The maximum absolute atomic E-state index is 12.3. The first kappa shape index (κ1) is 21.4. The molecule has 0 fully saturated rings. The van der Waals surface area contributed by atoms with Crippen LogP contribution in [-0.2, 0) is 23.0 Å². The Bertz CT molecular complexity index is 1010. The first-order valence-corrected chi connectivity index (χ1v) is 11.4. The largest absolute Gasteiger partial charge is 0.334 e. The molecule has 0 spiro atoms. The minimum absolute atomic E-state index is 0.0232. The molecule has 2 aromatic rings. The standard InChI is InChI=1S/C20H25ClN4O3S/c1-14(2)13-25-19-15(4-3-5-16(19)12-23-25)10-11-22-20(26)24-29(27,28)18-8-6-17(21)7-9-18/h6-10,12,14H,3-5,11,13H2,1-2H3,(H2,22,24,26)/b15-10+. The van der Waals surface area contributed by atoms with Crippen LogP contribution in [0, 0.1) is 5.92 Å². The van der Waals surface area contributed by atoms with Crippen molar-refractivity contribution >= 4 is 33.2 Å². The highest BCUT2D eigenvalue weighted by atomic mass is 35.5. The summed E-state index contributed by atoms with van der Waals surface area (Å²) in [5.74, 6) is 0.476. The molecule has 3 rings (SSSR count). The van der Waals surface area contributed by atoms with E-state index >= 15 is 0 Å². The van der Waals surface area contributed by atoms with Gasteiger partial charge in [-0.15, -0.1) is 0 Å². The number of aromatic nitrogens is 2. The van der Waals surface area contributed by atoms with E-state index in [-0.39, 0.29) is 11.4 Å². The summed E-state index contributed by atoms with van der Waals surface area (Å²) >= 11 is 5.77. The number of benzene rings is 1. The molecule has 1 aliphatic rings. The Hall–Kier alpha value is -2.32. The first-order valence-electron chi connectivity index (χ1n) is 9.56. The predicted molar refractivity (Wildman–Crippen MR) is 113 cm³/mol. The van der Waals surface area contributed by atoms with Crippen LogP contribution in [0.2, 0.25) is 5.02 Å². The van der Waals surface area contributed by atoms with Crippen LogP contribution in [0.15, 0.2) is 41.4 Å². The van der Waals surface area contributed by atoms with E-state index in [1.807, 2.05) is 21.7 Å². The summed E-state index contributed by atoms with van der Waals surface area (Å²) in [6, 6.07) is 4.83. The second-order valence-corrected chi connectivity index (χ2v) is 9.57. The molecule has 2 N–H and O–H groups in total. The second kappa shape index (κ2) is 9.00. The number of carbonyl (C=O) groups excluding carboxylic acids is 1. The second-order valence-electron chi connectivity index (χ2n) is 7.45. The highest BCUT2D eigenvalue weighted by Gasteiger charge is 2.20. The van der Waals surface area contributed by atoms with Crippen molar-refractivity contribution in [3.05, 3.63) is 52.8 Å². The van der Waals surface area contributed by atoms with Crippen molar-refractivity contribution in [1.82, 2.24) is 19.8 Å². The van der Waals surface area contributed by atoms with Gasteiger partial charge in [-0.1, -0.05) is 31.5 Å².